The summed E-state index contributed by atoms with van der Waals surface area (Å²) in [5.41, 5.74) is 1.41. The van der Waals surface area contributed by atoms with Crippen molar-refractivity contribution in [3.63, 3.8) is 0 Å². The molecule has 1 saturated heterocycles. The fraction of sp³-hybridized carbons (Fsp3) is 0.312. The molecular formula is C16H18N4O2. The van der Waals surface area contributed by atoms with Crippen molar-refractivity contribution < 1.29 is 4.79 Å². The van der Waals surface area contributed by atoms with Crippen LogP contribution in [-0.2, 0) is 0 Å². The van der Waals surface area contributed by atoms with Gasteiger partial charge in [-0.3, -0.25) is 4.79 Å². The third kappa shape index (κ3) is 2.92. The number of carbonyl (C=O) groups is 1. The van der Waals surface area contributed by atoms with Crippen LogP contribution in [0, 0.1) is 6.92 Å². The summed E-state index contributed by atoms with van der Waals surface area (Å²) in [6, 6.07) is 11.5. The van der Waals surface area contributed by atoms with Crippen molar-refractivity contribution in [1.29, 1.82) is 0 Å². The van der Waals surface area contributed by atoms with Crippen molar-refractivity contribution in [2.24, 2.45) is 0 Å². The third-order valence-electron chi connectivity index (χ3n) is 3.79. The third-order valence-corrected chi connectivity index (χ3v) is 3.79. The van der Waals surface area contributed by atoms with Gasteiger partial charge in [0.2, 0.25) is 0 Å². The van der Waals surface area contributed by atoms with E-state index >= 15 is 0 Å². The van der Waals surface area contributed by atoms with Crippen molar-refractivity contribution in [1.82, 2.24) is 20.2 Å². The molecule has 3 rings (SSSR count). The fourth-order valence-electron chi connectivity index (χ4n) is 2.76. The minimum absolute atomic E-state index is 0.0520. The molecule has 1 aliphatic rings. The molecule has 22 heavy (non-hydrogen) atoms. The van der Waals surface area contributed by atoms with E-state index in [-0.39, 0.29) is 17.6 Å². The molecule has 0 saturated carbocycles. The first-order valence-corrected chi connectivity index (χ1v) is 7.30. The number of carbonyl (C=O) groups excluding carboxylic acids is 1. The smallest absolute Gasteiger partial charge is 0.328 e. The van der Waals surface area contributed by atoms with Crippen LogP contribution < -0.4 is 11.0 Å². The molecular weight excluding hydrogens is 280 g/mol. The number of aryl methyl sites for hydroxylation is 1. The average Bonchev–Trinajstić information content (AvgIpc) is 2.54. The Labute approximate surface area is 128 Å². The van der Waals surface area contributed by atoms with E-state index in [0.29, 0.717) is 18.8 Å². The second-order valence-corrected chi connectivity index (χ2v) is 5.38. The van der Waals surface area contributed by atoms with E-state index < -0.39 is 5.69 Å². The van der Waals surface area contributed by atoms with Gasteiger partial charge in [-0.25, -0.2) is 4.79 Å². The zero-order valence-electron chi connectivity index (χ0n) is 12.4. The zero-order valence-corrected chi connectivity index (χ0v) is 12.4. The Kier molecular flexibility index (Phi) is 4.02. The molecule has 2 heterocycles. The summed E-state index contributed by atoms with van der Waals surface area (Å²) in [7, 11) is 0. The summed E-state index contributed by atoms with van der Waals surface area (Å²) in [4.78, 5) is 32.4. The monoisotopic (exact) mass is 298 g/mol. The molecule has 0 unspecified atom stereocenters. The van der Waals surface area contributed by atoms with Crippen LogP contribution in [0.2, 0.25) is 0 Å². The standard InChI is InChI=1S/C16H18N4O2/c1-11-9-13(19-16(22)18-11)15(21)20-8-7-17-10-14(20)12-5-3-2-4-6-12/h2-6,9,14,17H,7-8,10H2,1H3,(H,18,19,22)/t14-/m0/s1. The summed E-state index contributed by atoms with van der Waals surface area (Å²) in [6.45, 7) is 3.76. The number of benzene rings is 1. The van der Waals surface area contributed by atoms with Gasteiger partial charge in [-0.15, -0.1) is 0 Å². The molecule has 0 aliphatic carbocycles. The first-order valence-electron chi connectivity index (χ1n) is 7.30. The van der Waals surface area contributed by atoms with Gasteiger partial charge in [0.25, 0.3) is 5.91 Å². The quantitative estimate of drug-likeness (QED) is 0.862. The molecule has 1 fully saturated rings. The van der Waals surface area contributed by atoms with Gasteiger partial charge in [-0.05, 0) is 18.6 Å². The lowest BCUT2D eigenvalue weighted by Crippen LogP contribution is -2.49. The number of aromatic nitrogens is 2. The van der Waals surface area contributed by atoms with Crippen molar-refractivity contribution >= 4 is 5.91 Å². The molecule has 6 heteroatoms. The summed E-state index contributed by atoms with van der Waals surface area (Å²) in [6.07, 6.45) is 0. The van der Waals surface area contributed by atoms with Crippen LogP contribution in [0.5, 0.6) is 0 Å². The average molecular weight is 298 g/mol. The van der Waals surface area contributed by atoms with Gasteiger partial charge < -0.3 is 15.2 Å². The second-order valence-electron chi connectivity index (χ2n) is 5.38. The van der Waals surface area contributed by atoms with Crippen molar-refractivity contribution in [3.05, 3.63) is 63.8 Å². The molecule has 0 bridgehead atoms. The fourth-order valence-corrected chi connectivity index (χ4v) is 2.76. The Bertz CT molecular complexity index is 726. The summed E-state index contributed by atoms with van der Waals surface area (Å²) >= 11 is 0. The van der Waals surface area contributed by atoms with E-state index in [1.807, 2.05) is 30.3 Å². The largest absolute Gasteiger partial charge is 0.345 e. The number of aromatic amines is 1. The maximum absolute atomic E-state index is 12.8. The maximum Gasteiger partial charge on any atom is 0.345 e. The molecule has 2 N–H and O–H groups in total. The molecule has 1 atom stereocenters. The van der Waals surface area contributed by atoms with Gasteiger partial charge in [-0.2, -0.15) is 4.98 Å². The molecule has 1 amide bonds. The topological polar surface area (TPSA) is 78.1 Å². The number of amides is 1. The van der Waals surface area contributed by atoms with Crippen LogP contribution in [0.4, 0.5) is 0 Å². The number of H-pyrrole nitrogens is 1. The van der Waals surface area contributed by atoms with Crippen molar-refractivity contribution in [2.75, 3.05) is 19.6 Å². The highest BCUT2D eigenvalue weighted by Crippen LogP contribution is 2.23. The molecule has 1 aliphatic heterocycles. The van der Waals surface area contributed by atoms with Gasteiger partial charge in [-0.1, -0.05) is 30.3 Å². The van der Waals surface area contributed by atoms with Crippen molar-refractivity contribution in [2.45, 2.75) is 13.0 Å². The number of rotatable bonds is 2. The minimum Gasteiger partial charge on any atom is -0.328 e. The Hall–Kier alpha value is -2.47. The number of hydrogen-bond donors (Lipinski definition) is 2. The normalized spacial score (nSPS) is 18.2. The number of nitrogens with one attached hydrogen (secondary N) is 2. The lowest BCUT2D eigenvalue weighted by atomic mass is 10.0. The lowest BCUT2D eigenvalue weighted by Gasteiger charge is -2.36. The SMILES string of the molecule is Cc1cc(C(=O)N2CCNC[C@H]2c2ccccc2)nc(=O)[nH]1. The number of piperazine rings is 1. The molecule has 0 spiro atoms. The Morgan fingerprint density at radius 2 is 2.09 bits per heavy atom. The van der Waals surface area contributed by atoms with E-state index in [9.17, 15) is 9.59 Å². The molecule has 2 aromatic rings. The van der Waals surface area contributed by atoms with Crippen LogP contribution in [0.25, 0.3) is 0 Å². The van der Waals surface area contributed by atoms with Crippen LogP contribution in [0.1, 0.15) is 27.8 Å². The van der Waals surface area contributed by atoms with Gasteiger partial charge >= 0.3 is 5.69 Å². The molecule has 0 radical (unpaired) electrons. The highest BCUT2D eigenvalue weighted by Gasteiger charge is 2.29. The first-order chi connectivity index (χ1) is 10.6. The van der Waals surface area contributed by atoms with Crippen LogP contribution in [-0.4, -0.2) is 40.4 Å². The molecule has 6 nitrogen and oxygen atoms in total. The van der Waals surface area contributed by atoms with E-state index in [0.717, 1.165) is 12.1 Å². The number of nitrogens with zero attached hydrogens (tertiary/aromatic N) is 2. The Morgan fingerprint density at radius 1 is 1.32 bits per heavy atom. The zero-order chi connectivity index (χ0) is 15.5. The minimum atomic E-state index is -0.491. The van der Waals surface area contributed by atoms with E-state index in [1.165, 1.54) is 0 Å². The molecule has 1 aromatic heterocycles. The van der Waals surface area contributed by atoms with Crippen molar-refractivity contribution in [3.8, 4) is 0 Å². The summed E-state index contributed by atoms with van der Waals surface area (Å²) in [5, 5.41) is 3.31. The summed E-state index contributed by atoms with van der Waals surface area (Å²) < 4.78 is 0. The van der Waals surface area contributed by atoms with E-state index in [4.69, 9.17) is 0 Å². The predicted molar refractivity (Wildman–Crippen MR) is 82.7 cm³/mol. The molecule has 114 valence electrons. The lowest BCUT2D eigenvalue weighted by molar-refractivity contribution is 0.0627. The van der Waals surface area contributed by atoms with Gasteiger partial charge in [0.15, 0.2) is 0 Å². The van der Waals surface area contributed by atoms with Crippen LogP contribution >= 0.6 is 0 Å². The molecule has 1 aromatic carbocycles. The Morgan fingerprint density at radius 3 is 2.82 bits per heavy atom. The first kappa shape index (κ1) is 14.5. The maximum atomic E-state index is 12.8. The highest BCUT2D eigenvalue weighted by molar-refractivity contribution is 5.92. The predicted octanol–water partition coefficient (Wildman–Crippen LogP) is 0.865. The van der Waals surface area contributed by atoms with Crippen LogP contribution in [0.15, 0.2) is 41.2 Å². The second kappa shape index (κ2) is 6.11. The van der Waals surface area contributed by atoms with E-state index in [1.54, 1.807) is 17.9 Å². The van der Waals surface area contributed by atoms with E-state index in [2.05, 4.69) is 15.3 Å². The highest BCUT2D eigenvalue weighted by atomic mass is 16.2. The van der Waals surface area contributed by atoms with Crippen LogP contribution in [0.3, 0.4) is 0 Å². The Balaban J connectivity index is 1.93. The van der Waals surface area contributed by atoms with Gasteiger partial charge in [0, 0.05) is 25.3 Å². The number of hydrogen-bond acceptors (Lipinski definition) is 4. The summed E-state index contributed by atoms with van der Waals surface area (Å²) in [5.74, 6) is -0.204. The van der Waals surface area contributed by atoms with Gasteiger partial charge in [0.05, 0.1) is 6.04 Å². The van der Waals surface area contributed by atoms with Gasteiger partial charge in [0.1, 0.15) is 5.69 Å².